The van der Waals surface area contributed by atoms with Gasteiger partial charge in [0, 0.05) is 42.1 Å². The molecule has 0 atom stereocenters. The Morgan fingerprint density at radius 3 is 2.26 bits per heavy atom. The molecule has 4 nitrogen and oxygen atoms in total. The molecule has 134 valence electrons. The molecule has 4 rings (SSSR count). The molecule has 0 saturated carbocycles. The molecule has 27 heavy (non-hydrogen) atoms. The summed E-state index contributed by atoms with van der Waals surface area (Å²) in [5.74, 6) is -0.234. The maximum absolute atomic E-state index is 13.1. The third kappa shape index (κ3) is 3.64. The van der Waals surface area contributed by atoms with Crippen LogP contribution in [-0.4, -0.2) is 23.1 Å². The molecule has 0 spiro atoms. The van der Waals surface area contributed by atoms with Crippen molar-refractivity contribution in [3.05, 3.63) is 78.9 Å². The van der Waals surface area contributed by atoms with Gasteiger partial charge in [-0.05, 0) is 35.4 Å². The van der Waals surface area contributed by atoms with E-state index in [-0.39, 0.29) is 5.82 Å². The quantitative estimate of drug-likeness (QED) is 0.552. The number of nitrogens with one attached hydrogen (secondary N) is 1. The first-order chi connectivity index (χ1) is 13.2. The van der Waals surface area contributed by atoms with Crippen LogP contribution in [0.5, 0.6) is 0 Å². The van der Waals surface area contributed by atoms with E-state index in [0.29, 0.717) is 13.1 Å². The summed E-state index contributed by atoms with van der Waals surface area (Å²) >= 11 is 0. The van der Waals surface area contributed by atoms with Crippen molar-refractivity contribution in [1.82, 2.24) is 9.97 Å². The Bertz CT molecular complexity index is 1060. The number of fused-ring (bicyclic) bond motifs is 1. The monoisotopic (exact) mass is 358 g/mol. The zero-order valence-corrected chi connectivity index (χ0v) is 14.7. The molecule has 5 heteroatoms. The summed E-state index contributed by atoms with van der Waals surface area (Å²) in [6, 6.07) is 18.5. The van der Waals surface area contributed by atoms with Crippen LogP contribution in [0.4, 0.5) is 10.1 Å². The predicted octanol–water partition coefficient (Wildman–Crippen LogP) is 4.47. The second-order valence-electron chi connectivity index (χ2n) is 6.25. The fourth-order valence-corrected chi connectivity index (χ4v) is 3.05. The summed E-state index contributed by atoms with van der Waals surface area (Å²) in [5.41, 5.74) is 11.4. The van der Waals surface area contributed by atoms with Crippen LogP contribution in [0.3, 0.4) is 0 Å². The molecule has 0 bridgehead atoms. The summed E-state index contributed by atoms with van der Waals surface area (Å²) in [5, 5.41) is 4.32. The highest BCUT2D eigenvalue weighted by molar-refractivity contribution is 5.93. The lowest BCUT2D eigenvalue weighted by Crippen LogP contribution is -2.13. The van der Waals surface area contributed by atoms with Crippen molar-refractivity contribution >= 4 is 16.6 Å². The van der Waals surface area contributed by atoms with Gasteiger partial charge in [-0.15, -0.1) is 0 Å². The van der Waals surface area contributed by atoms with Gasteiger partial charge in [-0.3, -0.25) is 4.98 Å². The minimum atomic E-state index is -0.234. The number of aromatic nitrogens is 2. The molecule has 4 aromatic rings. The third-order valence-corrected chi connectivity index (χ3v) is 4.43. The van der Waals surface area contributed by atoms with E-state index in [0.717, 1.165) is 39.0 Å². The molecule has 2 aromatic heterocycles. The predicted molar refractivity (Wildman–Crippen MR) is 108 cm³/mol. The van der Waals surface area contributed by atoms with E-state index in [1.807, 2.05) is 42.6 Å². The van der Waals surface area contributed by atoms with Gasteiger partial charge in [-0.2, -0.15) is 0 Å². The number of nitrogens with zero attached hydrogens (tertiary/aromatic N) is 2. The lowest BCUT2D eigenvalue weighted by molar-refractivity contribution is 0.628. The zero-order chi connectivity index (χ0) is 18.6. The molecule has 0 saturated heterocycles. The second-order valence-corrected chi connectivity index (χ2v) is 6.25. The maximum Gasteiger partial charge on any atom is 0.123 e. The fourth-order valence-electron chi connectivity index (χ4n) is 3.05. The highest BCUT2D eigenvalue weighted by Crippen LogP contribution is 2.29. The lowest BCUT2D eigenvalue weighted by atomic mass is 10.0. The van der Waals surface area contributed by atoms with Gasteiger partial charge in [0.15, 0.2) is 0 Å². The van der Waals surface area contributed by atoms with Crippen LogP contribution < -0.4 is 11.1 Å². The zero-order valence-electron chi connectivity index (χ0n) is 14.7. The van der Waals surface area contributed by atoms with Crippen LogP contribution in [0.25, 0.3) is 33.3 Å². The van der Waals surface area contributed by atoms with Gasteiger partial charge in [-0.25, -0.2) is 9.37 Å². The Kier molecular flexibility index (Phi) is 4.77. The van der Waals surface area contributed by atoms with Crippen molar-refractivity contribution in [2.24, 2.45) is 5.73 Å². The average molecular weight is 358 g/mol. The normalized spacial score (nSPS) is 10.9. The molecular weight excluding hydrogens is 339 g/mol. The Morgan fingerprint density at radius 2 is 1.56 bits per heavy atom. The summed E-state index contributed by atoms with van der Waals surface area (Å²) in [6.45, 7) is 1.22. The Morgan fingerprint density at radius 1 is 0.889 bits per heavy atom. The van der Waals surface area contributed by atoms with E-state index in [2.05, 4.69) is 10.3 Å². The molecular formula is C22H19FN4. The van der Waals surface area contributed by atoms with Crippen molar-refractivity contribution in [3.8, 4) is 22.4 Å². The van der Waals surface area contributed by atoms with Crippen molar-refractivity contribution in [2.45, 2.75) is 0 Å². The maximum atomic E-state index is 13.1. The average Bonchev–Trinajstić information content (AvgIpc) is 2.72. The highest BCUT2D eigenvalue weighted by Gasteiger charge is 2.08. The van der Waals surface area contributed by atoms with Crippen LogP contribution in [0.15, 0.2) is 73.1 Å². The summed E-state index contributed by atoms with van der Waals surface area (Å²) in [4.78, 5) is 8.96. The van der Waals surface area contributed by atoms with E-state index in [1.165, 1.54) is 12.1 Å². The van der Waals surface area contributed by atoms with E-state index >= 15 is 0 Å². The van der Waals surface area contributed by atoms with Gasteiger partial charge in [0.25, 0.3) is 0 Å². The van der Waals surface area contributed by atoms with Gasteiger partial charge < -0.3 is 11.1 Å². The molecule has 2 aromatic carbocycles. The number of anilines is 1. The molecule has 0 amide bonds. The summed E-state index contributed by atoms with van der Waals surface area (Å²) in [7, 11) is 0. The van der Waals surface area contributed by atoms with E-state index in [9.17, 15) is 4.39 Å². The number of hydrogen-bond acceptors (Lipinski definition) is 4. The first-order valence-electron chi connectivity index (χ1n) is 8.80. The first-order valence-corrected chi connectivity index (χ1v) is 8.80. The molecule has 0 aliphatic carbocycles. The lowest BCUT2D eigenvalue weighted by Gasteiger charge is -2.11. The summed E-state index contributed by atoms with van der Waals surface area (Å²) < 4.78 is 13.1. The molecule has 0 unspecified atom stereocenters. The molecule has 2 heterocycles. The minimum absolute atomic E-state index is 0.234. The number of hydrogen-bond donors (Lipinski definition) is 2. The standard InChI is InChI=1S/C22H19FN4/c23-18-7-5-16(6-8-18)15-1-3-17(4-2-15)21-13-22(26-12-10-24)19-14-25-11-9-20(19)27-21/h1-9,11,13-14H,10,12,24H2,(H,26,27). The number of nitrogens with two attached hydrogens (primary N) is 1. The molecule has 3 N–H and O–H groups in total. The molecule has 0 aliphatic heterocycles. The molecule has 0 aliphatic rings. The van der Waals surface area contributed by atoms with Crippen LogP contribution in [0.2, 0.25) is 0 Å². The van der Waals surface area contributed by atoms with E-state index in [1.54, 1.807) is 18.3 Å². The number of halogens is 1. The largest absolute Gasteiger partial charge is 0.383 e. The minimum Gasteiger partial charge on any atom is -0.383 e. The van der Waals surface area contributed by atoms with Crippen molar-refractivity contribution < 1.29 is 4.39 Å². The Labute approximate surface area is 156 Å². The van der Waals surface area contributed by atoms with Crippen molar-refractivity contribution in [3.63, 3.8) is 0 Å². The summed E-state index contributed by atoms with van der Waals surface area (Å²) in [6.07, 6.45) is 3.55. The van der Waals surface area contributed by atoms with Crippen LogP contribution in [0.1, 0.15) is 0 Å². The number of benzene rings is 2. The Hall–Kier alpha value is -3.31. The topological polar surface area (TPSA) is 63.8 Å². The first kappa shape index (κ1) is 17.1. The van der Waals surface area contributed by atoms with Gasteiger partial charge in [0.1, 0.15) is 5.82 Å². The highest BCUT2D eigenvalue weighted by atomic mass is 19.1. The van der Waals surface area contributed by atoms with Gasteiger partial charge in [0.05, 0.1) is 11.2 Å². The van der Waals surface area contributed by atoms with Crippen LogP contribution >= 0.6 is 0 Å². The number of rotatable bonds is 5. The Balaban J connectivity index is 1.72. The van der Waals surface area contributed by atoms with Crippen molar-refractivity contribution in [2.75, 3.05) is 18.4 Å². The number of pyridine rings is 2. The van der Waals surface area contributed by atoms with E-state index < -0.39 is 0 Å². The van der Waals surface area contributed by atoms with Crippen LogP contribution in [0, 0.1) is 5.82 Å². The smallest absolute Gasteiger partial charge is 0.123 e. The molecule has 0 fully saturated rings. The van der Waals surface area contributed by atoms with E-state index in [4.69, 9.17) is 10.7 Å². The van der Waals surface area contributed by atoms with Gasteiger partial charge in [0.2, 0.25) is 0 Å². The second kappa shape index (κ2) is 7.51. The SMILES string of the molecule is NCCNc1cc(-c2ccc(-c3ccc(F)cc3)cc2)nc2ccncc12. The van der Waals surface area contributed by atoms with Crippen molar-refractivity contribution in [1.29, 1.82) is 0 Å². The third-order valence-electron chi connectivity index (χ3n) is 4.43. The van der Waals surface area contributed by atoms with Gasteiger partial charge >= 0.3 is 0 Å². The molecule has 0 radical (unpaired) electrons. The van der Waals surface area contributed by atoms with Gasteiger partial charge in [-0.1, -0.05) is 36.4 Å². The van der Waals surface area contributed by atoms with Crippen LogP contribution in [-0.2, 0) is 0 Å². The fraction of sp³-hybridized carbons (Fsp3) is 0.0909.